The van der Waals surface area contributed by atoms with Crippen molar-refractivity contribution in [2.24, 2.45) is 11.7 Å². The number of nitrogens with two attached hydrogens (primary N) is 1. The number of nitrogens with zero attached hydrogens (tertiary/aromatic N) is 4. The molecule has 9 nitrogen and oxygen atoms in total. The third-order valence-electron chi connectivity index (χ3n) is 8.52. The van der Waals surface area contributed by atoms with Crippen LogP contribution < -0.4 is 20.5 Å². The SMILES string of the molecule is COc1cc2c(Nc3c(C)cc(C)cc3C)nc(-c3nc4ccc(C(N)=O)cc4s3)nc2cc1OCCCN1CCC(C)CC1. The van der Waals surface area contributed by atoms with Crippen molar-refractivity contribution in [1.29, 1.82) is 0 Å². The molecule has 1 fully saturated rings. The lowest BCUT2D eigenvalue weighted by molar-refractivity contribution is 0.100. The molecule has 6 rings (SSSR count). The molecule has 0 aliphatic carbocycles. The number of nitrogens with one attached hydrogen (secondary N) is 1. The number of thiazole rings is 1. The van der Waals surface area contributed by atoms with E-state index in [4.69, 9.17) is 30.2 Å². The Morgan fingerprint density at radius 1 is 1.00 bits per heavy atom. The van der Waals surface area contributed by atoms with Gasteiger partial charge in [-0.1, -0.05) is 24.6 Å². The first-order valence-electron chi connectivity index (χ1n) is 15.5. The van der Waals surface area contributed by atoms with Crippen LogP contribution in [0.25, 0.3) is 32.0 Å². The number of primary amides is 1. The topological polar surface area (TPSA) is 115 Å². The summed E-state index contributed by atoms with van der Waals surface area (Å²) in [6.07, 6.45) is 3.46. The number of aromatic nitrogens is 3. The van der Waals surface area contributed by atoms with E-state index in [1.54, 1.807) is 25.3 Å². The standard InChI is InChI=1S/C35H40N6O3S/c1-20-9-12-41(13-10-20)11-6-14-44-29-19-27-25(18-28(29)43-5)33(39-31-22(3)15-21(2)16-23(31)4)40-34(37-27)35-38-26-8-7-24(32(36)42)17-30(26)45-35/h7-8,15-20H,6,9-14H2,1-5H3,(H2,36,42)(H,37,39,40). The predicted molar refractivity (Wildman–Crippen MR) is 182 cm³/mol. The van der Waals surface area contributed by atoms with Gasteiger partial charge in [-0.2, -0.15) is 0 Å². The average Bonchev–Trinajstić information content (AvgIpc) is 3.45. The molecule has 3 aromatic carbocycles. The fraction of sp³-hybridized carbons (Fsp3) is 0.371. The van der Waals surface area contributed by atoms with Crippen molar-refractivity contribution in [3.8, 4) is 22.3 Å². The average molecular weight is 625 g/mol. The highest BCUT2D eigenvalue weighted by molar-refractivity contribution is 7.21. The Hall–Kier alpha value is -4.28. The van der Waals surface area contributed by atoms with Gasteiger partial charge in [0.25, 0.3) is 0 Å². The highest BCUT2D eigenvalue weighted by Gasteiger charge is 2.19. The number of likely N-dealkylation sites (tertiary alicyclic amines) is 1. The van der Waals surface area contributed by atoms with Crippen LogP contribution in [0.1, 0.15) is 53.2 Å². The number of piperidine rings is 1. The Kier molecular flexibility index (Phi) is 8.87. The van der Waals surface area contributed by atoms with Crippen LogP contribution in [0.3, 0.4) is 0 Å². The number of benzene rings is 3. The molecule has 3 heterocycles. The molecule has 0 saturated carbocycles. The number of hydrogen-bond acceptors (Lipinski definition) is 9. The van der Waals surface area contributed by atoms with Gasteiger partial charge in [0.05, 0.1) is 29.5 Å². The first-order valence-corrected chi connectivity index (χ1v) is 16.3. The van der Waals surface area contributed by atoms with Crippen molar-refractivity contribution in [1.82, 2.24) is 19.9 Å². The predicted octanol–water partition coefficient (Wildman–Crippen LogP) is 7.18. The second kappa shape index (κ2) is 13.0. The molecule has 1 aliphatic rings. The van der Waals surface area contributed by atoms with E-state index >= 15 is 0 Å². The summed E-state index contributed by atoms with van der Waals surface area (Å²) in [5.74, 6) is 2.74. The largest absolute Gasteiger partial charge is 0.493 e. The molecule has 0 radical (unpaired) electrons. The number of aryl methyl sites for hydroxylation is 3. The molecule has 3 N–H and O–H groups in total. The quantitative estimate of drug-likeness (QED) is 0.157. The van der Waals surface area contributed by atoms with Gasteiger partial charge in [0, 0.05) is 29.2 Å². The number of carbonyl (C=O) groups is 1. The van der Waals surface area contributed by atoms with Gasteiger partial charge in [0.15, 0.2) is 22.3 Å². The van der Waals surface area contributed by atoms with Crippen molar-refractivity contribution < 1.29 is 14.3 Å². The van der Waals surface area contributed by atoms with Gasteiger partial charge >= 0.3 is 0 Å². The number of carbonyl (C=O) groups excluding carboxylic acids is 1. The van der Waals surface area contributed by atoms with Crippen LogP contribution in [-0.2, 0) is 0 Å². The third-order valence-corrected chi connectivity index (χ3v) is 9.53. The van der Waals surface area contributed by atoms with E-state index in [1.807, 2.05) is 12.1 Å². The van der Waals surface area contributed by atoms with E-state index in [-0.39, 0.29) is 0 Å². The van der Waals surface area contributed by atoms with E-state index in [2.05, 4.69) is 50.0 Å². The van der Waals surface area contributed by atoms with Crippen molar-refractivity contribution in [3.05, 3.63) is 64.7 Å². The molecule has 2 aromatic heterocycles. The molecule has 1 aliphatic heterocycles. The summed E-state index contributed by atoms with van der Waals surface area (Å²) in [7, 11) is 1.65. The molecule has 1 saturated heterocycles. The van der Waals surface area contributed by atoms with Crippen LogP contribution in [-0.4, -0.2) is 59.1 Å². The molecular weight excluding hydrogens is 584 g/mol. The number of anilines is 2. The summed E-state index contributed by atoms with van der Waals surface area (Å²) in [4.78, 5) is 29.1. The first-order chi connectivity index (χ1) is 21.7. The molecule has 5 aromatic rings. The monoisotopic (exact) mass is 624 g/mol. The molecule has 0 bridgehead atoms. The van der Waals surface area contributed by atoms with E-state index in [0.717, 1.165) is 64.4 Å². The third kappa shape index (κ3) is 6.72. The summed E-state index contributed by atoms with van der Waals surface area (Å²) < 4.78 is 12.9. The first kappa shape index (κ1) is 30.7. The van der Waals surface area contributed by atoms with E-state index in [1.165, 1.54) is 29.7 Å². The number of ether oxygens (including phenoxy) is 2. The van der Waals surface area contributed by atoms with Crippen LogP contribution in [0.4, 0.5) is 11.5 Å². The lowest BCUT2D eigenvalue weighted by atomic mass is 9.99. The maximum Gasteiger partial charge on any atom is 0.248 e. The molecule has 10 heteroatoms. The number of amides is 1. The number of fused-ring (bicyclic) bond motifs is 2. The Morgan fingerprint density at radius 2 is 1.76 bits per heavy atom. The summed E-state index contributed by atoms with van der Waals surface area (Å²) >= 11 is 1.42. The van der Waals surface area contributed by atoms with E-state index in [0.29, 0.717) is 45.8 Å². The molecular formula is C35H40N6O3S. The molecule has 234 valence electrons. The van der Waals surface area contributed by atoms with Crippen LogP contribution >= 0.6 is 11.3 Å². The van der Waals surface area contributed by atoms with Crippen LogP contribution in [0.15, 0.2) is 42.5 Å². The molecule has 0 spiro atoms. The van der Waals surface area contributed by atoms with Crippen molar-refractivity contribution >= 4 is 49.9 Å². The van der Waals surface area contributed by atoms with Gasteiger partial charge in [0.1, 0.15) is 5.82 Å². The summed E-state index contributed by atoms with van der Waals surface area (Å²) in [5.41, 5.74) is 11.9. The minimum absolute atomic E-state index is 0.438. The Labute approximate surface area is 267 Å². The van der Waals surface area contributed by atoms with Crippen molar-refractivity contribution in [3.63, 3.8) is 0 Å². The van der Waals surface area contributed by atoms with Crippen molar-refractivity contribution in [2.45, 2.75) is 47.0 Å². The van der Waals surface area contributed by atoms with Gasteiger partial charge in [-0.15, -0.1) is 11.3 Å². The minimum atomic E-state index is -0.476. The lowest BCUT2D eigenvalue weighted by Gasteiger charge is -2.30. The van der Waals surface area contributed by atoms with E-state index in [9.17, 15) is 4.79 Å². The van der Waals surface area contributed by atoms with Gasteiger partial charge in [-0.05, 0) is 94.4 Å². The number of methoxy groups -OCH3 is 1. The Morgan fingerprint density at radius 3 is 2.47 bits per heavy atom. The Bertz CT molecular complexity index is 1860. The second-order valence-corrected chi connectivity index (χ2v) is 13.1. The normalized spacial score (nSPS) is 14.2. The molecule has 1 amide bonds. The fourth-order valence-electron chi connectivity index (χ4n) is 6.02. The van der Waals surface area contributed by atoms with Crippen molar-refractivity contribution in [2.75, 3.05) is 38.7 Å². The zero-order valence-corrected chi connectivity index (χ0v) is 27.4. The summed E-state index contributed by atoms with van der Waals surface area (Å²) in [5, 5.41) is 5.05. The zero-order valence-electron chi connectivity index (χ0n) is 26.6. The van der Waals surface area contributed by atoms with Gasteiger partial charge in [-0.3, -0.25) is 4.79 Å². The van der Waals surface area contributed by atoms with E-state index < -0.39 is 5.91 Å². The molecule has 0 atom stereocenters. The zero-order chi connectivity index (χ0) is 31.7. The molecule has 45 heavy (non-hydrogen) atoms. The lowest BCUT2D eigenvalue weighted by Crippen LogP contribution is -2.34. The maximum atomic E-state index is 11.8. The van der Waals surface area contributed by atoms with Gasteiger partial charge in [-0.25, -0.2) is 15.0 Å². The minimum Gasteiger partial charge on any atom is -0.493 e. The highest BCUT2D eigenvalue weighted by atomic mass is 32.1. The van der Waals surface area contributed by atoms with Crippen LogP contribution in [0, 0.1) is 26.7 Å². The molecule has 0 unspecified atom stereocenters. The number of hydrogen-bond donors (Lipinski definition) is 2. The van der Waals surface area contributed by atoms with Crippen LogP contribution in [0.5, 0.6) is 11.5 Å². The summed E-state index contributed by atoms with van der Waals surface area (Å²) in [6.45, 7) is 12.5. The second-order valence-electron chi connectivity index (χ2n) is 12.1. The van der Waals surface area contributed by atoms with Crippen LogP contribution in [0.2, 0.25) is 0 Å². The highest BCUT2D eigenvalue weighted by Crippen LogP contribution is 2.38. The fourth-order valence-corrected chi connectivity index (χ4v) is 6.96. The Balaban J connectivity index is 1.37. The summed E-state index contributed by atoms with van der Waals surface area (Å²) in [6, 6.07) is 13.4. The number of rotatable bonds is 10. The smallest absolute Gasteiger partial charge is 0.248 e. The van der Waals surface area contributed by atoms with Gasteiger partial charge < -0.3 is 25.4 Å². The van der Waals surface area contributed by atoms with Gasteiger partial charge in [0.2, 0.25) is 5.91 Å². The maximum absolute atomic E-state index is 11.8.